The van der Waals surface area contributed by atoms with Gasteiger partial charge >= 0.3 is 0 Å². The van der Waals surface area contributed by atoms with Gasteiger partial charge in [0, 0.05) is 30.6 Å². The highest BCUT2D eigenvalue weighted by atomic mass is 32.2. The Bertz CT molecular complexity index is 1190. The van der Waals surface area contributed by atoms with E-state index in [1.54, 1.807) is 31.4 Å². The second-order valence-corrected chi connectivity index (χ2v) is 7.98. The fourth-order valence-corrected chi connectivity index (χ4v) is 4.05. The van der Waals surface area contributed by atoms with Crippen LogP contribution < -0.4 is 10.1 Å². The van der Waals surface area contributed by atoms with Crippen LogP contribution in [0.15, 0.2) is 64.2 Å². The molecule has 2 aromatic heterocycles. The zero-order chi connectivity index (χ0) is 23.0. The Morgan fingerprint density at radius 2 is 1.85 bits per heavy atom. The van der Waals surface area contributed by atoms with E-state index in [9.17, 15) is 4.79 Å². The summed E-state index contributed by atoms with van der Waals surface area (Å²) in [5, 5.41) is 20.5. The molecule has 0 unspecified atom stereocenters. The molecule has 10 heteroatoms. The van der Waals surface area contributed by atoms with E-state index in [0.29, 0.717) is 41.8 Å². The van der Waals surface area contributed by atoms with Gasteiger partial charge in [-0.15, -0.1) is 20.4 Å². The highest BCUT2D eigenvalue weighted by molar-refractivity contribution is 7.98. The lowest BCUT2D eigenvalue weighted by molar-refractivity contribution is 0.0954. The fraction of sp³-hybridized carbons (Fsp3) is 0.261. The fourth-order valence-electron chi connectivity index (χ4n) is 3.20. The number of amides is 1. The molecule has 1 amide bonds. The molecule has 0 saturated carbocycles. The van der Waals surface area contributed by atoms with Crippen LogP contribution in [0.2, 0.25) is 0 Å². The Morgan fingerprint density at radius 1 is 1.06 bits per heavy atom. The molecular weight excluding hydrogens is 440 g/mol. The van der Waals surface area contributed by atoms with Gasteiger partial charge in [-0.3, -0.25) is 4.79 Å². The van der Waals surface area contributed by atoms with Crippen LogP contribution in [-0.4, -0.2) is 44.5 Å². The van der Waals surface area contributed by atoms with Crippen molar-refractivity contribution in [2.75, 3.05) is 13.7 Å². The summed E-state index contributed by atoms with van der Waals surface area (Å²) in [6, 6.07) is 16.6. The van der Waals surface area contributed by atoms with Crippen molar-refractivity contribution in [3.8, 4) is 17.2 Å². The Hall–Kier alpha value is -3.66. The topological polar surface area (TPSA) is 108 Å². The smallest absolute Gasteiger partial charge is 0.251 e. The number of nitrogens with one attached hydrogen (secondary N) is 1. The molecule has 33 heavy (non-hydrogen) atoms. The van der Waals surface area contributed by atoms with E-state index >= 15 is 0 Å². The van der Waals surface area contributed by atoms with Crippen molar-refractivity contribution in [1.82, 2.24) is 30.3 Å². The third-order valence-electron chi connectivity index (χ3n) is 4.91. The number of hydrogen-bond acceptors (Lipinski definition) is 8. The Kier molecular flexibility index (Phi) is 7.36. The number of thioether (sulfide) groups is 1. The first kappa shape index (κ1) is 22.5. The molecule has 0 aliphatic rings. The number of hydrogen-bond donors (Lipinski definition) is 1. The molecule has 0 atom stereocenters. The van der Waals surface area contributed by atoms with E-state index in [0.717, 1.165) is 23.1 Å². The molecule has 4 rings (SSSR count). The molecule has 2 heterocycles. The molecule has 4 aromatic rings. The van der Waals surface area contributed by atoms with Crippen molar-refractivity contribution in [3.05, 3.63) is 71.9 Å². The average Bonchev–Trinajstić information content (AvgIpc) is 3.50. The number of carbonyl (C=O) groups is 1. The summed E-state index contributed by atoms with van der Waals surface area (Å²) in [5.74, 6) is 2.90. The predicted molar refractivity (Wildman–Crippen MR) is 124 cm³/mol. The number of rotatable bonds is 10. The van der Waals surface area contributed by atoms with Gasteiger partial charge in [-0.1, -0.05) is 30.0 Å². The van der Waals surface area contributed by atoms with Gasteiger partial charge in [-0.05, 0) is 43.3 Å². The van der Waals surface area contributed by atoms with E-state index in [1.165, 1.54) is 11.8 Å². The zero-order valence-electron chi connectivity index (χ0n) is 18.4. The van der Waals surface area contributed by atoms with Gasteiger partial charge in [-0.25, -0.2) is 0 Å². The molecule has 0 spiro atoms. The molecule has 0 bridgehead atoms. The summed E-state index contributed by atoms with van der Waals surface area (Å²) in [6.07, 6.45) is 0.571. The maximum Gasteiger partial charge on any atom is 0.251 e. The van der Waals surface area contributed by atoms with Gasteiger partial charge in [0.05, 0.1) is 12.9 Å². The third-order valence-corrected chi connectivity index (χ3v) is 5.86. The summed E-state index contributed by atoms with van der Waals surface area (Å²) in [5.41, 5.74) is 1.47. The van der Waals surface area contributed by atoms with Crippen molar-refractivity contribution < 1.29 is 13.9 Å². The van der Waals surface area contributed by atoms with E-state index in [1.807, 2.05) is 41.8 Å². The highest BCUT2D eigenvalue weighted by Gasteiger charge is 2.15. The number of aromatic nitrogens is 5. The number of ether oxygens (including phenoxy) is 1. The maximum atomic E-state index is 12.3. The Morgan fingerprint density at radius 3 is 2.58 bits per heavy atom. The first-order valence-corrected chi connectivity index (χ1v) is 11.5. The lowest BCUT2D eigenvalue weighted by atomic mass is 10.2. The van der Waals surface area contributed by atoms with E-state index in [4.69, 9.17) is 9.15 Å². The van der Waals surface area contributed by atoms with Crippen molar-refractivity contribution in [1.29, 1.82) is 0 Å². The molecule has 0 aliphatic carbocycles. The van der Waals surface area contributed by atoms with Crippen molar-refractivity contribution in [3.63, 3.8) is 0 Å². The number of methoxy groups -OCH3 is 1. The van der Waals surface area contributed by atoms with Crippen LogP contribution in [-0.2, 0) is 18.7 Å². The minimum atomic E-state index is -0.138. The molecule has 2 aromatic carbocycles. The van der Waals surface area contributed by atoms with Gasteiger partial charge in [0.25, 0.3) is 5.91 Å². The third kappa shape index (κ3) is 5.58. The van der Waals surface area contributed by atoms with Crippen LogP contribution in [0.25, 0.3) is 11.5 Å². The van der Waals surface area contributed by atoms with Crippen LogP contribution in [0.1, 0.15) is 29.0 Å². The SMILES string of the molecule is CCn1c(CCNC(=O)c2ccc(OC)cc2)nnc1SCc1nnc(-c2ccccc2)o1. The van der Waals surface area contributed by atoms with E-state index in [-0.39, 0.29) is 5.91 Å². The lowest BCUT2D eigenvalue weighted by Gasteiger charge is -2.08. The molecule has 0 aliphatic heterocycles. The minimum absolute atomic E-state index is 0.138. The summed E-state index contributed by atoms with van der Waals surface area (Å²) in [4.78, 5) is 12.3. The quantitative estimate of drug-likeness (QED) is 0.355. The second kappa shape index (κ2) is 10.8. The number of nitrogens with zero attached hydrogens (tertiary/aromatic N) is 5. The van der Waals surface area contributed by atoms with Crippen LogP contribution in [0.3, 0.4) is 0 Å². The molecule has 9 nitrogen and oxygen atoms in total. The summed E-state index contributed by atoms with van der Waals surface area (Å²) in [7, 11) is 1.59. The van der Waals surface area contributed by atoms with Gasteiger partial charge in [0.1, 0.15) is 11.6 Å². The lowest BCUT2D eigenvalue weighted by Crippen LogP contribution is -2.26. The molecule has 0 radical (unpaired) electrons. The molecule has 0 fully saturated rings. The van der Waals surface area contributed by atoms with Crippen molar-refractivity contribution >= 4 is 17.7 Å². The molecular formula is C23H24N6O3S. The van der Waals surface area contributed by atoms with Gasteiger partial charge in [0.2, 0.25) is 11.8 Å². The largest absolute Gasteiger partial charge is 0.497 e. The van der Waals surface area contributed by atoms with Crippen LogP contribution in [0.4, 0.5) is 0 Å². The summed E-state index contributed by atoms with van der Waals surface area (Å²) in [6.45, 7) is 3.21. The van der Waals surface area contributed by atoms with E-state index < -0.39 is 0 Å². The zero-order valence-corrected chi connectivity index (χ0v) is 19.2. The normalized spacial score (nSPS) is 10.8. The first-order chi connectivity index (χ1) is 16.2. The number of carbonyl (C=O) groups excluding carboxylic acids is 1. The molecule has 170 valence electrons. The van der Waals surface area contributed by atoms with Crippen molar-refractivity contribution in [2.24, 2.45) is 0 Å². The van der Waals surface area contributed by atoms with Crippen molar-refractivity contribution in [2.45, 2.75) is 30.8 Å². The standard InChI is InChI=1S/C23H24N6O3S/c1-3-29-19(13-14-24-21(30)16-9-11-18(31-2)12-10-16)25-28-23(29)33-15-20-26-27-22(32-20)17-7-5-4-6-8-17/h4-12H,3,13-15H2,1-2H3,(H,24,30). The predicted octanol–water partition coefficient (Wildman–Crippen LogP) is 3.62. The Balaban J connectivity index is 1.31. The maximum absolute atomic E-state index is 12.3. The van der Waals surface area contributed by atoms with Crippen LogP contribution in [0.5, 0.6) is 5.75 Å². The van der Waals surface area contributed by atoms with Crippen LogP contribution >= 0.6 is 11.8 Å². The minimum Gasteiger partial charge on any atom is -0.497 e. The average molecular weight is 465 g/mol. The molecule has 1 N–H and O–H groups in total. The summed E-state index contributed by atoms with van der Waals surface area (Å²) >= 11 is 1.49. The van der Waals surface area contributed by atoms with Gasteiger partial charge in [-0.2, -0.15) is 0 Å². The first-order valence-electron chi connectivity index (χ1n) is 10.5. The van der Waals surface area contributed by atoms with Gasteiger partial charge < -0.3 is 19.0 Å². The second-order valence-electron chi connectivity index (χ2n) is 7.03. The Labute approximate surface area is 195 Å². The van der Waals surface area contributed by atoms with Gasteiger partial charge in [0.15, 0.2) is 5.16 Å². The summed E-state index contributed by atoms with van der Waals surface area (Å²) < 4.78 is 12.9. The van der Waals surface area contributed by atoms with Crippen LogP contribution in [0, 0.1) is 0 Å². The number of benzene rings is 2. The highest BCUT2D eigenvalue weighted by Crippen LogP contribution is 2.24. The molecule has 0 saturated heterocycles. The van der Waals surface area contributed by atoms with E-state index in [2.05, 4.69) is 25.7 Å². The monoisotopic (exact) mass is 464 g/mol.